The van der Waals surface area contributed by atoms with E-state index in [1.807, 2.05) is 0 Å². The van der Waals surface area contributed by atoms with Crippen molar-refractivity contribution in [1.82, 2.24) is 9.13 Å². The Hall–Kier alpha value is -5.08. The predicted molar refractivity (Wildman–Crippen MR) is 163 cm³/mol. The second-order valence-electron chi connectivity index (χ2n) is 10.5. The lowest BCUT2D eigenvalue weighted by molar-refractivity contribution is 1.17. The number of rotatable bonds is 2. The van der Waals surface area contributed by atoms with Crippen molar-refractivity contribution in [2.24, 2.45) is 0 Å². The summed E-state index contributed by atoms with van der Waals surface area (Å²) >= 11 is 0. The molecule has 2 heterocycles. The van der Waals surface area contributed by atoms with Gasteiger partial charge in [0.05, 0.1) is 22.1 Å². The molecule has 0 bridgehead atoms. The molecule has 0 spiro atoms. The summed E-state index contributed by atoms with van der Waals surface area (Å²) in [6, 6.07) is 48.5. The Labute approximate surface area is 226 Å². The molecule has 0 unspecified atom stereocenters. The average molecular weight is 497 g/mol. The number of hydrogen-bond acceptors (Lipinski definition) is 0. The zero-order valence-electron chi connectivity index (χ0n) is 21.3. The molecule has 8 aromatic rings. The summed E-state index contributed by atoms with van der Waals surface area (Å²) in [5.41, 5.74) is 13.1. The lowest BCUT2D eigenvalue weighted by atomic mass is 9.96. The summed E-state index contributed by atoms with van der Waals surface area (Å²) in [6.07, 6.45) is 0.942. The van der Waals surface area contributed by atoms with E-state index in [1.54, 1.807) is 0 Å². The Bertz CT molecular complexity index is 2230. The van der Waals surface area contributed by atoms with Gasteiger partial charge in [-0.3, -0.25) is 0 Å². The Morgan fingerprint density at radius 2 is 0.949 bits per heavy atom. The van der Waals surface area contributed by atoms with Gasteiger partial charge in [0.15, 0.2) is 0 Å². The molecule has 0 amide bonds. The van der Waals surface area contributed by atoms with Crippen molar-refractivity contribution in [3.63, 3.8) is 0 Å². The smallest absolute Gasteiger partial charge is 0.0644 e. The van der Waals surface area contributed by atoms with Crippen LogP contribution in [0, 0.1) is 0 Å². The fourth-order valence-electron chi connectivity index (χ4n) is 7.03. The van der Waals surface area contributed by atoms with Crippen LogP contribution in [0.25, 0.3) is 66.1 Å². The summed E-state index contributed by atoms with van der Waals surface area (Å²) in [4.78, 5) is 0. The first-order valence-electron chi connectivity index (χ1n) is 13.6. The first-order chi connectivity index (χ1) is 19.4. The Morgan fingerprint density at radius 1 is 0.436 bits per heavy atom. The molecule has 0 saturated carbocycles. The molecule has 2 aromatic heterocycles. The van der Waals surface area contributed by atoms with Gasteiger partial charge in [0.1, 0.15) is 0 Å². The molecular weight excluding hydrogens is 472 g/mol. The average Bonchev–Trinajstić information content (AvgIpc) is 3.66. The third-order valence-corrected chi connectivity index (χ3v) is 8.51. The number of aromatic nitrogens is 2. The highest BCUT2D eigenvalue weighted by atomic mass is 15.0. The van der Waals surface area contributed by atoms with E-state index < -0.39 is 0 Å². The Kier molecular flexibility index (Phi) is 4.14. The summed E-state index contributed by atoms with van der Waals surface area (Å²) in [7, 11) is 0. The number of nitrogens with zero attached hydrogens (tertiary/aromatic N) is 2. The fourth-order valence-corrected chi connectivity index (χ4v) is 7.03. The minimum absolute atomic E-state index is 0.942. The molecule has 0 atom stereocenters. The van der Waals surface area contributed by atoms with Crippen molar-refractivity contribution in [2.45, 2.75) is 6.42 Å². The quantitative estimate of drug-likeness (QED) is 0.226. The molecule has 2 nitrogen and oxygen atoms in total. The molecule has 2 heteroatoms. The van der Waals surface area contributed by atoms with Gasteiger partial charge in [-0.1, -0.05) is 97.1 Å². The Balaban J connectivity index is 1.65. The van der Waals surface area contributed by atoms with Gasteiger partial charge in [-0.15, -0.1) is 0 Å². The van der Waals surface area contributed by atoms with Crippen molar-refractivity contribution in [2.75, 3.05) is 0 Å². The Morgan fingerprint density at radius 3 is 1.62 bits per heavy atom. The predicted octanol–water partition coefficient (Wildman–Crippen LogP) is 9.45. The molecule has 6 aromatic carbocycles. The molecule has 0 saturated heterocycles. The van der Waals surface area contributed by atoms with Crippen molar-refractivity contribution >= 4 is 43.6 Å². The third-order valence-electron chi connectivity index (χ3n) is 8.51. The van der Waals surface area contributed by atoms with Gasteiger partial charge < -0.3 is 9.13 Å². The van der Waals surface area contributed by atoms with Crippen molar-refractivity contribution < 1.29 is 0 Å². The molecule has 39 heavy (non-hydrogen) atoms. The van der Waals surface area contributed by atoms with Crippen LogP contribution in [0.5, 0.6) is 0 Å². The minimum Gasteiger partial charge on any atom is -0.309 e. The SMILES string of the molecule is c1ccc(-n2c3ccccc3c3c2c2c(c4c5ccccc5n(-c5ccccc5)c43)Cc3ccccc3-2)cc1. The monoisotopic (exact) mass is 496 g/mol. The standard InChI is InChI=1S/C37H24N2/c1-3-14-25(15-4-1)38-31-21-11-9-19-28(31)34-30-23-24-13-7-8-18-27(24)33(30)36-35(37(34)38)29-20-10-12-22-32(29)39(36)26-16-5-2-6-17-26/h1-22H,23H2. The van der Waals surface area contributed by atoms with E-state index in [-0.39, 0.29) is 0 Å². The number of benzene rings is 6. The van der Waals surface area contributed by atoms with Crippen molar-refractivity contribution in [3.05, 3.63) is 145 Å². The van der Waals surface area contributed by atoms with Crippen LogP contribution in [0.1, 0.15) is 11.1 Å². The van der Waals surface area contributed by atoms with E-state index in [1.165, 1.54) is 77.2 Å². The van der Waals surface area contributed by atoms with Crippen LogP contribution in [0.4, 0.5) is 0 Å². The van der Waals surface area contributed by atoms with Crippen LogP contribution in [0.2, 0.25) is 0 Å². The summed E-state index contributed by atoms with van der Waals surface area (Å²) in [6.45, 7) is 0. The van der Waals surface area contributed by atoms with E-state index in [2.05, 4.69) is 143 Å². The highest BCUT2D eigenvalue weighted by Crippen LogP contribution is 2.52. The first-order valence-corrected chi connectivity index (χ1v) is 13.6. The zero-order chi connectivity index (χ0) is 25.5. The number of para-hydroxylation sites is 4. The normalized spacial score (nSPS) is 12.5. The zero-order valence-corrected chi connectivity index (χ0v) is 21.3. The molecule has 0 fully saturated rings. The van der Waals surface area contributed by atoms with E-state index in [4.69, 9.17) is 0 Å². The summed E-state index contributed by atoms with van der Waals surface area (Å²) in [5, 5.41) is 5.30. The highest BCUT2D eigenvalue weighted by Gasteiger charge is 2.31. The molecule has 182 valence electrons. The van der Waals surface area contributed by atoms with E-state index >= 15 is 0 Å². The minimum atomic E-state index is 0.942. The molecule has 1 aliphatic rings. The lowest BCUT2D eigenvalue weighted by Crippen LogP contribution is -1.98. The van der Waals surface area contributed by atoms with Gasteiger partial charge in [0.25, 0.3) is 0 Å². The van der Waals surface area contributed by atoms with Gasteiger partial charge in [-0.25, -0.2) is 0 Å². The van der Waals surface area contributed by atoms with E-state index in [0.717, 1.165) is 6.42 Å². The van der Waals surface area contributed by atoms with E-state index in [9.17, 15) is 0 Å². The van der Waals surface area contributed by atoms with Gasteiger partial charge in [-0.05, 0) is 59.5 Å². The fraction of sp³-hybridized carbons (Fsp3) is 0.0270. The summed E-state index contributed by atoms with van der Waals surface area (Å²) in [5.74, 6) is 0. The maximum atomic E-state index is 2.50. The van der Waals surface area contributed by atoms with Crippen LogP contribution in [0.3, 0.4) is 0 Å². The van der Waals surface area contributed by atoms with Crippen LogP contribution in [-0.2, 0) is 6.42 Å². The van der Waals surface area contributed by atoms with Crippen LogP contribution < -0.4 is 0 Å². The van der Waals surface area contributed by atoms with Gasteiger partial charge in [0, 0.05) is 38.5 Å². The third kappa shape index (κ3) is 2.70. The largest absolute Gasteiger partial charge is 0.309 e. The van der Waals surface area contributed by atoms with Gasteiger partial charge >= 0.3 is 0 Å². The van der Waals surface area contributed by atoms with Crippen LogP contribution in [0.15, 0.2) is 133 Å². The van der Waals surface area contributed by atoms with Crippen LogP contribution >= 0.6 is 0 Å². The molecule has 1 aliphatic carbocycles. The highest BCUT2D eigenvalue weighted by molar-refractivity contribution is 6.31. The van der Waals surface area contributed by atoms with Crippen molar-refractivity contribution in [1.29, 1.82) is 0 Å². The second kappa shape index (κ2) is 7.72. The van der Waals surface area contributed by atoms with Gasteiger partial charge in [0.2, 0.25) is 0 Å². The second-order valence-corrected chi connectivity index (χ2v) is 10.5. The first kappa shape index (κ1) is 20.9. The molecule has 0 radical (unpaired) electrons. The topological polar surface area (TPSA) is 9.86 Å². The van der Waals surface area contributed by atoms with Crippen molar-refractivity contribution in [3.8, 4) is 22.5 Å². The number of hydrogen-bond donors (Lipinski definition) is 0. The van der Waals surface area contributed by atoms with Crippen LogP contribution in [-0.4, -0.2) is 9.13 Å². The summed E-state index contributed by atoms with van der Waals surface area (Å²) < 4.78 is 5.00. The molecule has 0 N–H and O–H groups in total. The number of fused-ring (bicyclic) bond motifs is 12. The maximum absolute atomic E-state index is 2.50. The molecule has 0 aliphatic heterocycles. The maximum Gasteiger partial charge on any atom is 0.0644 e. The molecular formula is C37H24N2. The van der Waals surface area contributed by atoms with Gasteiger partial charge in [-0.2, -0.15) is 0 Å². The molecule has 9 rings (SSSR count). The lowest BCUT2D eigenvalue weighted by Gasteiger charge is -2.14. The van der Waals surface area contributed by atoms with E-state index in [0.29, 0.717) is 0 Å².